The molecule has 0 aromatic heterocycles. The van der Waals surface area contributed by atoms with E-state index in [1.54, 1.807) is 0 Å². The van der Waals surface area contributed by atoms with E-state index in [9.17, 15) is 0 Å². The van der Waals surface area contributed by atoms with Gasteiger partial charge in [-0.2, -0.15) is 0 Å². The van der Waals surface area contributed by atoms with Gasteiger partial charge in [-0.3, -0.25) is 0 Å². The molecule has 0 heterocycles. The van der Waals surface area contributed by atoms with Crippen molar-refractivity contribution in [3.05, 3.63) is 44.5 Å². The van der Waals surface area contributed by atoms with Gasteiger partial charge in [0.05, 0.1) is 0 Å². The van der Waals surface area contributed by atoms with Gasteiger partial charge in [-0.25, -0.2) is 0 Å². The van der Waals surface area contributed by atoms with E-state index in [1.807, 2.05) is 13.8 Å². The minimum Gasteiger partial charge on any atom is -0.0625 e. The molecule has 0 spiro atoms. The van der Waals surface area contributed by atoms with Crippen LogP contribution in [-0.2, 0) is 6.42 Å². The van der Waals surface area contributed by atoms with Crippen molar-refractivity contribution in [2.24, 2.45) is 5.89 Å². The first-order chi connectivity index (χ1) is 9.97. The molecule has 2 rings (SSSR count). The molecule has 2 aromatic rings. The summed E-state index contributed by atoms with van der Waals surface area (Å²) in [4.78, 5) is 0. The van der Waals surface area contributed by atoms with Crippen LogP contribution in [0.1, 0.15) is 59.7 Å². The fourth-order valence-electron chi connectivity index (χ4n) is 3.71. The summed E-state index contributed by atoms with van der Waals surface area (Å²) in [5, 5.41) is 2.85. The molecule has 0 nitrogen and oxygen atoms in total. The summed E-state index contributed by atoms with van der Waals surface area (Å²) in [6.07, 6.45) is 0.812. The van der Waals surface area contributed by atoms with Crippen molar-refractivity contribution < 1.29 is 1.37 Å². The number of hydrogen-bond acceptors (Lipinski definition) is 0. The zero-order chi connectivity index (χ0) is 17.0. The number of fused-ring (bicyclic) bond motifs is 1. The van der Waals surface area contributed by atoms with Crippen LogP contribution in [0.3, 0.4) is 0 Å². The topological polar surface area (TPSA) is 0 Å². The van der Waals surface area contributed by atoms with Crippen LogP contribution >= 0.6 is 0 Å². The van der Waals surface area contributed by atoms with Crippen LogP contribution in [-0.4, -0.2) is 0 Å². The molecule has 0 unspecified atom stereocenters. The molecule has 0 fully saturated rings. The number of hydrogen-bond donors (Lipinski definition) is 0. The van der Waals surface area contributed by atoms with E-state index in [2.05, 4.69) is 48.5 Å². The van der Waals surface area contributed by atoms with E-state index in [1.165, 1.54) is 55.3 Å². The van der Waals surface area contributed by atoms with Crippen molar-refractivity contribution in [2.45, 2.75) is 68.7 Å². The second kappa shape index (κ2) is 5.48. The Hall–Kier alpha value is -1.30. The largest absolute Gasteiger partial charge is 0.0625 e. The molecule has 2 aromatic carbocycles. The van der Waals surface area contributed by atoms with Gasteiger partial charge < -0.3 is 0 Å². The lowest BCUT2D eigenvalue weighted by Gasteiger charge is -2.23. The first-order valence-electron chi connectivity index (χ1n) is 8.46. The quantitative estimate of drug-likeness (QED) is 0.616. The van der Waals surface area contributed by atoms with Crippen LogP contribution in [0, 0.1) is 54.4 Å². The number of benzene rings is 2. The van der Waals surface area contributed by atoms with Crippen molar-refractivity contribution in [3.8, 4) is 0 Å². The molecule has 0 saturated heterocycles. The maximum Gasteiger partial charge on any atom is 0.0300 e. The highest BCUT2D eigenvalue weighted by atomic mass is 14.2. The van der Waals surface area contributed by atoms with E-state index < -0.39 is 5.89 Å². The Labute approximate surface area is 132 Å². The summed E-state index contributed by atoms with van der Waals surface area (Å²) in [6, 6.07) is 0. The average Bonchev–Trinajstić information content (AvgIpc) is 2.41. The molecule has 0 aliphatic heterocycles. The van der Waals surface area contributed by atoms with Crippen LogP contribution < -0.4 is 0 Å². The monoisotopic (exact) mass is 284 g/mol. The lowest BCUT2D eigenvalue weighted by molar-refractivity contribution is 0.643. The molecule has 21 heavy (non-hydrogen) atoms. The first kappa shape index (κ1) is 14.6. The zero-order valence-corrected chi connectivity index (χ0v) is 15.2. The van der Waals surface area contributed by atoms with Crippen molar-refractivity contribution in [1.29, 1.82) is 0 Å². The first-order valence-corrected chi connectivity index (χ1v) is 7.96. The van der Waals surface area contributed by atoms with E-state index in [0.717, 1.165) is 6.42 Å². The third-order valence-corrected chi connectivity index (χ3v) is 5.44. The molecule has 0 atom stereocenters. The van der Waals surface area contributed by atoms with Gasteiger partial charge in [0.15, 0.2) is 0 Å². The Morgan fingerprint density at radius 2 is 1.00 bits per heavy atom. The molecule has 0 amide bonds. The van der Waals surface area contributed by atoms with Crippen molar-refractivity contribution in [2.75, 3.05) is 0 Å². The highest BCUT2D eigenvalue weighted by Crippen LogP contribution is 2.37. The Bertz CT molecular complexity index is 759. The fourth-order valence-corrected chi connectivity index (χ4v) is 3.71. The number of aryl methyl sites for hydroxylation is 4. The maximum atomic E-state index is 8.31. The van der Waals surface area contributed by atoms with Gasteiger partial charge in [0.1, 0.15) is 0 Å². The molecule has 0 aliphatic carbocycles. The molecular formula is C21H30. The lowest BCUT2D eigenvalue weighted by atomic mass is 9.81. The second-order valence-electron chi connectivity index (χ2n) is 6.99. The van der Waals surface area contributed by atoms with Gasteiger partial charge in [-0.05, 0) is 116 Å². The van der Waals surface area contributed by atoms with Gasteiger partial charge in [0.2, 0.25) is 0 Å². The maximum absolute atomic E-state index is 8.31. The van der Waals surface area contributed by atoms with Gasteiger partial charge >= 0.3 is 0 Å². The third kappa shape index (κ3) is 2.39. The number of rotatable bonds is 2. The predicted molar refractivity (Wildman–Crippen MR) is 95.6 cm³/mol. The van der Waals surface area contributed by atoms with Crippen LogP contribution in [0.25, 0.3) is 10.8 Å². The molecular weight excluding hydrogens is 252 g/mol. The SMILES string of the molecule is [3H]C(C)(C)Cc1c(C)c(C)c2c(C)c(C)c(C)c(C)c2c1C. The highest BCUT2D eigenvalue weighted by molar-refractivity contribution is 5.97. The molecule has 114 valence electrons. The van der Waals surface area contributed by atoms with E-state index in [-0.39, 0.29) is 0 Å². The summed E-state index contributed by atoms with van der Waals surface area (Å²) in [5.41, 5.74) is 11.2. The summed E-state index contributed by atoms with van der Waals surface area (Å²) < 4.78 is 8.31. The van der Waals surface area contributed by atoms with E-state index in [4.69, 9.17) is 1.37 Å². The minimum atomic E-state index is -0.432. The average molecular weight is 284 g/mol. The summed E-state index contributed by atoms with van der Waals surface area (Å²) in [6.45, 7) is 19.7. The summed E-state index contributed by atoms with van der Waals surface area (Å²) >= 11 is 0. The summed E-state index contributed by atoms with van der Waals surface area (Å²) in [7, 11) is 0. The zero-order valence-electron chi connectivity index (χ0n) is 16.2. The highest BCUT2D eigenvalue weighted by Gasteiger charge is 2.18. The normalized spacial score (nSPS) is 12.9. The Morgan fingerprint density at radius 1 is 0.619 bits per heavy atom. The van der Waals surface area contributed by atoms with E-state index in [0.29, 0.717) is 0 Å². The molecule has 0 N–H and O–H groups in total. The van der Waals surface area contributed by atoms with Crippen LogP contribution in [0.2, 0.25) is 0 Å². The van der Waals surface area contributed by atoms with Crippen molar-refractivity contribution >= 4 is 10.8 Å². The predicted octanol–water partition coefficient (Wildman–Crippen LogP) is 6.20. The van der Waals surface area contributed by atoms with Gasteiger partial charge in [-0.15, -0.1) is 0 Å². The van der Waals surface area contributed by atoms with Crippen molar-refractivity contribution in [3.63, 3.8) is 0 Å². The van der Waals surface area contributed by atoms with Crippen LogP contribution in [0.4, 0.5) is 0 Å². The van der Waals surface area contributed by atoms with Gasteiger partial charge in [0.25, 0.3) is 0 Å². The Morgan fingerprint density at radius 3 is 1.43 bits per heavy atom. The van der Waals surface area contributed by atoms with Crippen molar-refractivity contribution in [1.82, 2.24) is 0 Å². The van der Waals surface area contributed by atoms with E-state index >= 15 is 0 Å². The standard InChI is InChI=1S/C21H30/c1-11(2)10-19-14(5)17(8)20-15(6)12(3)13(4)16(7)21(20)18(19)9/h11H,10H2,1-9H3/i11T. The minimum absolute atomic E-state index is 0.432. The van der Waals surface area contributed by atoms with Gasteiger partial charge in [0, 0.05) is 1.37 Å². The van der Waals surface area contributed by atoms with Crippen LogP contribution in [0.15, 0.2) is 0 Å². The molecule has 0 saturated carbocycles. The smallest absolute Gasteiger partial charge is 0.0300 e. The Kier molecular flexibility index (Phi) is 3.82. The fraction of sp³-hybridized carbons (Fsp3) is 0.524. The Balaban J connectivity index is 3.01. The second-order valence-corrected chi connectivity index (χ2v) is 6.99. The molecule has 0 bridgehead atoms. The molecule has 0 aliphatic rings. The lowest BCUT2D eigenvalue weighted by Crippen LogP contribution is -2.06. The third-order valence-electron chi connectivity index (χ3n) is 5.44. The van der Waals surface area contributed by atoms with Crippen LogP contribution in [0.5, 0.6) is 0 Å². The molecule has 0 radical (unpaired) electrons. The summed E-state index contributed by atoms with van der Waals surface area (Å²) in [5.74, 6) is -0.432. The molecule has 0 heteroatoms. The van der Waals surface area contributed by atoms with Gasteiger partial charge in [-0.1, -0.05) is 13.8 Å².